The highest BCUT2D eigenvalue weighted by Gasteiger charge is 2.10. The minimum Gasteiger partial charge on any atom is -0.382 e. The first-order valence-electron chi connectivity index (χ1n) is 5.21. The number of primary amides is 1. The number of carbonyl (C=O) groups is 1. The molecule has 6 heteroatoms. The first-order chi connectivity index (χ1) is 7.52. The topological polar surface area (TPSA) is 93.2 Å². The fourth-order valence-corrected chi connectivity index (χ4v) is 1.37. The number of carbonyl (C=O) groups excluding carboxylic acids is 1. The first kappa shape index (κ1) is 12.7. The number of hydrogen-bond acceptors (Lipinski definition) is 4. The Labute approximate surface area is 94.5 Å². The van der Waals surface area contributed by atoms with Crippen LogP contribution in [0.2, 0.25) is 0 Å². The number of aliphatic hydroxyl groups excluding tert-OH is 1. The number of hydrogen-bond donors (Lipinski definition) is 3. The Morgan fingerprint density at radius 2 is 2.38 bits per heavy atom. The first-order valence-corrected chi connectivity index (χ1v) is 5.21. The Morgan fingerprint density at radius 1 is 1.69 bits per heavy atom. The summed E-state index contributed by atoms with van der Waals surface area (Å²) in [5, 5.41) is 12.1. The second kappa shape index (κ2) is 5.62. The van der Waals surface area contributed by atoms with E-state index in [2.05, 4.69) is 24.1 Å². The summed E-state index contributed by atoms with van der Waals surface area (Å²) in [5.41, 5.74) is 5.93. The van der Waals surface area contributed by atoms with Crippen LogP contribution in [-0.4, -0.2) is 33.2 Å². The fourth-order valence-electron chi connectivity index (χ4n) is 1.37. The van der Waals surface area contributed by atoms with Gasteiger partial charge in [-0.25, -0.2) is 4.98 Å². The summed E-state index contributed by atoms with van der Waals surface area (Å²) in [6.07, 6.45) is 2.37. The van der Waals surface area contributed by atoms with Crippen molar-refractivity contribution < 1.29 is 9.90 Å². The minimum atomic E-state index is -1.14. The second-order valence-electron chi connectivity index (χ2n) is 3.94. The number of imidazole rings is 1. The number of aromatic nitrogens is 2. The normalized spacial score (nSPS) is 13.0. The summed E-state index contributed by atoms with van der Waals surface area (Å²) in [7, 11) is 0. The lowest BCUT2D eigenvalue weighted by Crippen LogP contribution is -2.37. The fraction of sp³-hybridized carbons (Fsp3) is 0.600. The van der Waals surface area contributed by atoms with Gasteiger partial charge in [0, 0.05) is 25.3 Å². The maximum absolute atomic E-state index is 10.6. The molecule has 6 nitrogen and oxygen atoms in total. The quantitative estimate of drug-likeness (QED) is 0.604. The van der Waals surface area contributed by atoms with Crippen molar-refractivity contribution in [1.29, 1.82) is 0 Å². The standard InChI is InChI=1S/C10H18N4O2/c1-7(2)14-6-13-4-8(14)3-12-5-9(15)10(11)16/h4,6-7,9,12,15H,3,5H2,1-2H3,(H2,11,16). The molecular formula is C10H18N4O2. The average molecular weight is 226 g/mol. The van der Waals surface area contributed by atoms with Crippen molar-refractivity contribution in [2.24, 2.45) is 5.73 Å². The van der Waals surface area contributed by atoms with Gasteiger partial charge in [0.1, 0.15) is 6.10 Å². The molecule has 0 aliphatic heterocycles. The van der Waals surface area contributed by atoms with Crippen molar-refractivity contribution in [3.8, 4) is 0 Å². The molecule has 1 rings (SSSR count). The molecule has 0 saturated carbocycles. The van der Waals surface area contributed by atoms with Crippen LogP contribution in [0.4, 0.5) is 0 Å². The monoisotopic (exact) mass is 226 g/mol. The largest absolute Gasteiger partial charge is 0.382 e. The molecule has 0 saturated heterocycles. The number of nitrogens with zero attached hydrogens (tertiary/aromatic N) is 2. The van der Waals surface area contributed by atoms with E-state index in [1.54, 1.807) is 12.5 Å². The van der Waals surface area contributed by atoms with Crippen molar-refractivity contribution in [3.63, 3.8) is 0 Å². The van der Waals surface area contributed by atoms with Crippen LogP contribution >= 0.6 is 0 Å². The molecular weight excluding hydrogens is 208 g/mol. The van der Waals surface area contributed by atoms with Crippen molar-refractivity contribution in [2.45, 2.75) is 32.5 Å². The third-order valence-electron chi connectivity index (χ3n) is 2.27. The molecule has 0 aliphatic carbocycles. The minimum absolute atomic E-state index is 0.151. The van der Waals surface area contributed by atoms with Crippen molar-refractivity contribution in [3.05, 3.63) is 18.2 Å². The molecule has 0 radical (unpaired) electrons. The van der Waals surface area contributed by atoms with Gasteiger partial charge in [-0.2, -0.15) is 0 Å². The molecule has 0 bridgehead atoms. The van der Waals surface area contributed by atoms with Gasteiger partial charge in [-0.1, -0.05) is 0 Å². The summed E-state index contributed by atoms with van der Waals surface area (Å²) in [6.45, 7) is 4.81. The average Bonchev–Trinajstić information content (AvgIpc) is 2.65. The van der Waals surface area contributed by atoms with Crippen LogP contribution in [0.5, 0.6) is 0 Å². The lowest BCUT2D eigenvalue weighted by molar-refractivity contribution is -0.125. The van der Waals surface area contributed by atoms with Crippen LogP contribution in [0.3, 0.4) is 0 Å². The van der Waals surface area contributed by atoms with E-state index in [1.165, 1.54) is 0 Å². The molecule has 1 atom stereocenters. The summed E-state index contributed by atoms with van der Waals surface area (Å²) in [6, 6.07) is 0.334. The molecule has 0 aliphatic rings. The Morgan fingerprint density at radius 3 is 2.94 bits per heavy atom. The van der Waals surface area contributed by atoms with Gasteiger partial charge in [0.2, 0.25) is 5.91 Å². The van der Waals surface area contributed by atoms with Crippen LogP contribution in [0.15, 0.2) is 12.5 Å². The van der Waals surface area contributed by atoms with E-state index in [9.17, 15) is 9.90 Å². The van der Waals surface area contributed by atoms with Crippen molar-refractivity contribution in [1.82, 2.24) is 14.9 Å². The second-order valence-corrected chi connectivity index (χ2v) is 3.94. The smallest absolute Gasteiger partial charge is 0.247 e. The van der Waals surface area contributed by atoms with Gasteiger partial charge in [0.25, 0.3) is 0 Å². The molecule has 1 amide bonds. The zero-order chi connectivity index (χ0) is 12.1. The summed E-state index contributed by atoms with van der Waals surface area (Å²) in [4.78, 5) is 14.6. The number of nitrogens with two attached hydrogens (primary N) is 1. The van der Waals surface area contributed by atoms with Gasteiger partial charge in [-0.05, 0) is 13.8 Å². The lowest BCUT2D eigenvalue weighted by Gasteiger charge is -2.13. The molecule has 1 heterocycles. The molecule has 0 fully saturated rings. The van der Waals surface area contributed by atoms with E-state index in [-0.39, 0.29) is 6.54 Å². The lowest BCUT2D eigenvalue weighted by atomic mass is 10.3. The summed E-state index contributed by atoms with van der Waals surface area (Å²) >= 11 is 0. The van der Waals surface area contributed by atoms with Gasteiger partial charge < -0.3 is 20.7 Å². The molecule has 1 aromatic rings. The van der Waals surface area contributed by atoms with Crippen LogP contribution in [0.25, 0.3) is 0 Å². The van der Waals surface area contributed by atoms with E-state index in [0.29, 0.717) is 12.6 Å². The van der Waals surface area contributed by atoms with E-state index in [4.69, 9.17) is 5.73 Å². The molecule has 1 aromatic heterocycles. The molecule has 1 unspecified atom stereocenters. The molecule has 90 valence electrons. The van der Waals surface area contributed by atoms with E-state index in [0.717, 1.165) is 5.69 Å². The number of amides is 1. The zero-order valence-corrected chi connectivity index (χ0v) is 9.55. The van der Waals surface area contributed by atoms with Crippen molar-refractivity contribution >= 4 is 5.91 Å². The van der Waals surface area contributed by atoms with Gasteiger partial charge in [0.15, 0.2) is 0 Å². The number of rotatable bonds is 6. The Kier molecular flexibility index (Phi) is 4.45. The van der Waals surface area contributed by atoms with Crippen LogP contribution < -0.4 is 11.1 Å². The molecule has 0 aromatic carbocycles. The van der Waals surface area contributed by atoms with Crippen LogP contribution in [0.1, 0.15) is 25.6 Å². The highest BCUT2D eigenvalue weighted by molar-refractivity contribution is 5.78. The molecule has 4 N–H and O–H groups in total. The predicted octanol–water partition coefficient (Wildman–Crippen LogP) is -0.600. The Balaban J connectivity index is 2.43. The van der Waals surface area contributed by atoms with E-state index in [1.807, 2.05) is 4.57 Å². The highest BCUT2D eigenvalue weighted by Crippen LogP contribution is 2.08. The van der Waals surface area contributed by atoms with Crippen LogP contribution in [0, 0.1) is 0 Å². The van der Waals surface area contributed by atoms with E-state index >= 15 is 0 Å². The zero-order valence-electron chi connectivity index (χ0n) is 9.55. The third kappa shape index (κ3) is 3.32. The maximum Gasteiger partial charge on any atom is 0.247 e. The number of aliphatic hydroxyl groups is 1. The third-order valence-corrected chi connectivity index (χ3v) is 2.27. The van der Waals surface area contributed by atoms with Crippen molar-refractivity contribution in [2.75, 3.05) is 6.54 Å². The van der Waals surface area contributed by atoms with E-state index < -0.39 is 12.0 Å². The summed E-state index contributed by atoms with van der Waals surface area (Å²) in [5.74, 6) is -0.718. The molecule has 16 heavy (non-hydrogen) atoms. The van der Waals surface area contributed by atoms with Gasteiger partial charge in [-0.3, -0.25) is 4.79 Å². The number of nitrogens with one attached hydrogen (secondary N) is 1. The maximum atomic E-state index is 10.6. The highest BCUT2D eigenvalue weighted by atomic mass is 16.3. The summed E-state index contributed by atoms with van der Waals surface area (Å²) < 4.78 is 2.02. The molecule has 0 spiro atoms. The Hall–Kier alpha value is -1.40. The van der Waals surface area contributed by atoms with Gasteiger partial charge in [0.05, 0.1) is 12.0 Å². The SMILES string of the molecule is CC(C)n1cncc1CNCC(O)C(N)=O. The van der Waals surface area contributed by atoms with Gasteiger partial charge >= 0.3 is 0 Å². The van der Waals surface area contributed by atoms with Gasteiger partial charge in [-0.15, -0.1) is 0 Å². The van der Waals surface area contributed by atoms with Crippen LogP contribution in [-0.2, 0) is 11.3 Å². The Bertz CT molecular complexity index is 348. The predicted molar refractivity (Wildman–Crippen MR) is 59.5 cm³/mol.